The minimum Gasteiger partial charge on any atom is -0.383 e. The van der Waals surface area contributed by atoms with E-state index < -0.39 is 0 Å². The third-order valence-electron chi connectivity index (χ3n) is 8.07. The van der Waals surface area contributed by atoms with Gasteiger partial charge in [-0.25, -0.2) is 4.98 Å². The Morgan fingerprint density at radius 1 is 1.21 bits per heavy atom. The molecule has 2 fully saturated rings. The van der Waals surface area contributed by atoms with Crippen molar-refractivity contribution in [3.63, 3.8) is 0 Å². The third kappa shape index (κ3) is 6.54. The maximum Gasteiger partial charge on any atom is 0.255 e. The number of anilines is 1. The minimum absolute atomic E-state index is 0.0162. The van der Waals surface area contributed by atoms with Crippen LogP contribution in [-0.2, 0) is 4.74 Å². The molecule has 1 aromatic carbocycles. The summed E-state index contributed by atoms with van der Waals surface area (Å²) in [6.07, 6.45) is 12.4. The normalized spacial score (nSPS) is 26.3. The minimum atomic E-state index is -0.197. The number of nitrogens with one attached hydrogen (secondary N) is 1. The number of carbonyl (C=O) groups excluding carboxylic acids is 1. The molecule has 2 aromatic rings. The van der Waals surface area contributed by atoms with E-state index in [4.69, 9.17) is 10.5 Å². The van der Waals surface area contributed by atoms with E-state index in [1.54, 1.807) is 12.3 Å². The van der Waals surface area contributed by atoms with E-state index in [0.717, 1.165) is 62.9 Å². The second kappa shape index (κ2) is 12.1. The molecule has 1 aliphatic heterocycles. The Morgan fingerprint density at radius 2 is 2.00 bits per heavy atom. The van der Waals surface area contributed by atoms with Crippen LogP contribution in [0.2, 0.25) is 0 Å². The highest BCUT2D eigenvalue weighted by molar-refractivity contribution is 9.10. The number of pyridine rings is 1. The van der Waals surface area contributed by atoms with Gasteiger partial charge in [-0.3, -0.25) is 9.69 Å². The fourth-order valence-electron chi connectivity index (χ4n) is 5.72. The molecule has 1 unspecified atom stereocenters. The third-order valence-corrected chi connectivity index (χ3v) is 8.50. The summed E-state index contributed by atoms with van der Waals surface area (Å²) >= 11 is 3.39. The largest absolute Gasteiger partial charge is 0.383 e. The van der Waals surface area contributed by atoms with Crippen molar-refractivity contribution in [3.8, 4) is 0 Å². The van der Waals surface area contributed by atoms with Crippen LogP contribution in [0.4, 0.5) is 5.82 Å². The van der Waals surface area contributed by atoms with Crippen LogP contribution in [0.25, 0.3) is 5.57 Å². The standard InChI is InChI=1S/C30H38BrN5O2/c1-35-14-16-36(17-15-35)20-30(12-10-23(11-13-30)22-6-3-2-4-7-22)21-38-27-9-5-8-26(27)34-29(37)25-18-24(31)19-33-28(25)32/h2-4,6-7,10-12,18-19,26-27H,5,8-9,13-17,20-21H2,1H3,(H2,32,33)(H,34,37)/t26-,27-,30?/m0/s1. The second-order valence-corrected chi connectivity index (χ2v) is 11.9. The molecule has 7 nitrogen and oxygen atoms in total. The van der Waals surface area contributed by atoms with Crippen LogP contribution >= 0.6 is 15.9 Å². The Balaban J connectivity index is 1.26. The first-order valence-corrected chi connectivity index (χ1v) is 14.4. The summed E-state index contributed by atoms with van der Waals surface area (Å²) in [5.41, 5.74) is 8.80. The molecule has 3 atom stereocenters. The van der Waals surface area contributed by atoms with Crippen molar-refractivity contribution in [1.82, 2.24) is 20.1 Å². The average Bonchev–Trinajstić information content (AvgIpc) is 3.38. The van der Waals surface area contributed by atoms with Gasteiger partial charge in [0.15, 0.2) is 0 Å². The number of aromatic nitrogens is 1. The number of nitrogen functional groups attached to an aromatic ring is 1. The second-order valence-electron chi connectivity index (χ2n) is 11.0. The lowest BCUT2D eigenvalue weighted by Gasteiger charge is -2.41. The molecule has 2 aliphatic carbocycles. The number of likely N-dealkylation sites (N-methyl/N-ethyl adjacent to an activating group) is 1. The van der Waals surface area contributed by atoms with Gasteiger partial charge in [-0.05, 0) is 65.9 Å². The Kier molecular flexibility index (Phi) is 8.63. The molecule has 0 radical (unpaired) electrons. The number of amides is 1. The van der Waals surface area contributed by atoms with Gasteiger partial charge in [0, 0.05) is 48.8 Å². The highest BCUT2D eigenvalue weighted by Gasteiger charge is 2.36. The van der Waals surface area contributed by atoms with Crippen molar-refractivity contribution >= 4 is 33.2 Å². The van der Waals surface area contributed by atoms with Gasteiger partial charge in [0.1, 0.15) is 5.82 Å². The van der Waals surface area contributed by atoms with E-state index in [2.05, 4.69) is 91.6 Å². The molecular weight excluding hydrogens is 542 g/mol. The van der Waals surface area contributed by atoms with E-state index in [-0.39, 0.29) is 29.3 Å². The van der Waals surface area contributed by atoms with Crippen molar-refractivity contribution in [2.75, 3.05) is 52.1 Å². The number of halogens is 1. The summed E-state index contributed by atoms with van der Waals surface area (Å²) in [4.78, 5) is 22.1. The van der Waals surface area contributed by atoms with Gasteiger partial charge in [0.05, 0.1) is 24.3 Å². The molecule has 0 spiro atoms. The number of hydrogen-bond acceptors (Lipinski definition) is 6. The van der Waals surface area contributed by atoms with Gasteiger partial charge >= 0.3 is 0 Å². The number of rotatable bonds is 8. The van der Waals surface area contributed by atoms with Gasteiger partial charge in [-0.2, -0.15) is 0 Å². The summed E-state index contributed by atoms with van der Waals surface area (Å²) < 4.78 is 7.39. The Hall–Kier alpha value is -2.52. The smallest absolute Gasteiger partial charge is 0.255 e. The first-order valence-electron chi connectivity index (χ1n) is 13.6. The first-order chi connectivity index (χ1) is 18.4. The Labute approximate surface area is 234 Å². The lowest BCUT2D eigenvalue weighted by atomic mass is 9.79. The van der Waals surface area contributed by atoms with Crippen LogP contribution in [0, 0.1) is 5.41 Å². The molecule has 202 valence electrons. The van der Waals surface area contributed by atoms with Crippen LogP contribution in [0.5, 0.6) is 0 Å². The van der Waals surface area contributed by atoms with Crippen LogP contribution in [0.15, 0.2) is 65.3 Å². The zero-order chi connectivity index (χ0) is 26.5. The van der Waals surface area contributed by atoms with Crippen molar-refractivity contribution in [2.45, 2.75) is 37.8 Å². The zero-order valence-corrected chi connectivity index (χ0v) is 23.7. The van der Waals surface area contributed by atoms with Crippen LogP contribution in [0.3, 0.4) is 0 Å². The lowest BCUT2D eigenvalue weighted by Crippen LogP contribution is -2.50. The maximum absolute atomic E-state index is 13.0. The van der Waals surface area contributed by atoms with Crippen LogP contribution in [0.1, 0.15) is 41.6 Å². The topological polar surface area (TPSA) is 83.7 Å². The molecule has 5 rings (SSSR count). The quantitative estimate of drug-likeness (QED) is 0.483. The Morgan fingerprint density at radius 3 is 2.74 bits per heavy atom. The Bertz CT molecular complexity index is 1180. The molecule has 38 heavy (non-hydrogen) atoms. The van der Waals surface area contributed by atoms with E-state index in [1.807, 2.05) is 0 Å². The number of piperazine rings is 1. The van der Waals surface area contributed by atoms with Crippen molar-refractivity contribution in [2.24, 2.45) is 5.41 Å². The molecular formula is C30H38BrN5O2. The van der Waals surface area contributed by atoms with E-state index in [1.165, 1.54) is 11.1 Å². The maximum atomic E-state index is 13.0. The number of allylic oxidation sites excluding steroid dienone is 3. The van der Waals surface area contributed by atoms with Gasteiger partial charge < -0.3 is 20.7 Å². The predicted molar refractivity (Wildman–Crippen MR) is 156 cm³/mol. The summed E-state index contributed by atoms with van der Waals surface area (Å²) in [6, 6.07) is 12.2. The number of carbonyl (C=O) groups is 1. The fourth-order valence-corrected chi connectivity index (χ4v) is 6.05. The number of hydrogen-bond donors (Lipinski definition) is 2. The molecule has 1 saturated carbocycles. The summed E-state index contributed by atoms with van der Waals surface area (Å²) in [5.74, 6) is 0.0394. The molecule has 1 aromatic heterocycles. The summed E-state index contributed by atoms with van der Waals surface area (Å²) in [7, 11) is 2.19. The van der Waals surface area contributed by atoms with Crippen molar-refractivity contribution < 1.29 is 9.53 Å². The van der Waals surface area contributed by atoms with Gasteiger partial charge in [0.25, 0.3) is 5.91 Å². The van der Waals surface area contributed by atoms with Crippen molar-refractivity contribution in [1.29, 1.82) is 0 Å². The molecule has 2 heterocycles. The van der Waals surface area contributed by atoms with E-state index >= 15 is 0 Å². The molecule has 3 N–H and O–H groups in total. The first kappa shape index (κ1) is 27.1. The van der Waals surface area contributed by atoms with Gasteiger partial charge in [-0.15, -0.1) is 0 Å². The molecule has 8 heteroatoms. The number of nitrogens with two attached hydrogens (primary N) is 1. The van der Waals surface area contributed by atoms with E-state index in [9.17, 15) is 4.79 Å². The fraction of sp³-hybridized carbons (Fsp3) is 0.467. The highest BCUT2D eigenvalue weighted by Crippen LogP contribution is 2.36. The molecule has 1 amide bonds. The highest BCUT2D eigenvalue weighted by atomic mass is 79.9. The average molecular weight is 581 g/mol. The molecule has 3 aliphatic rings. The monoisotopic (exact) mass is 579 g/mol. The predicted octanol–water partition coefficient (Wildman–Crippen LogP) is 4.37. The van der Waals surface area contributed by atoms with Crippen molar-refractivity contribution in [3.05, 3.63) is 76.4 Å². The van der Waals surface area contributed by atoms with Crippen LogP contribution in [-0.4, -0.2) is 79.2 Å². The number of ether oxygens (including phenoxy) is 1. The lowest BCUT2D eigenvalue weighted by molar-refractivity contribution is -0.0159. The summed E-state index contributed by atoms with van der Waals surface area (Å²) in [6.45, 7) is 5.94. The SMILES string of the molecule is CN1CCN(CC2(CO[C@H]3CCC[C@@H]3NC(=O)c3cc(Br)cnc3N)C=CC(c3ccccc3)=CC2)CC1. The zero-order valence-electron chi connectivity index (χ0n) is 22.1. The van der Waals surface area contributed by atoms with E-state index in [0.29, 0.717) is 12.2 Å². The number of benzene rings is 1. The number of nitrogens with zero attached hydrogens (tertiary/aromatic N) is 3. The van der Waals surface area contributed by atoms with Gasteiger partial charge in [0.2, 0.25) is 0 Å². The molecule has 1 saturated heterocycles. The summed E-state index contributed by atoms with van der Waals surface area (Å²) in [5, 5.41) is 3.18. The van der Waals surface area contributed by atoms with Gasteiger partial charge in [-0.1, -0.05) is 48.6 Å². The molecule has 0 bridgehead atoms. The van der Waals surface area contributed by atoms with Crippen LogP contribution < -0.4 is 11.1 Å².